The molecule has 7 rings (SSSR count). The highest BCUT2D eigenvalue weighted by atomic mass is 16.7. The van der Waals surface area contributed by atoms with Gasteiger partial charge in [-0.15, -0.1) is 0 Å². The lowest BCUT2D eigenvalue weighted by molar-refractivity contribution is -0.183. The summed E-state index contributed by atoms with van der Waals surface area (Å²) in [6.45, 7) is 9.07. The molecule has 0 unspecified atom stereocenters. The highest BCUT2D eigenvalue weighted by Crippen LogP contribution is 2.61. The standard InChI is InChI=1S/C45H63N5O6/c1-27-37-22-33(45(37,3)4)23-38(27)47-44(54)41-40(28(2)52)39(26-51)56-50(41)24-30-16-13-17-36(42(30)55-9)31-19-32(21-35(20-31)49(7)8)43(53)46-34(25-48(5)6)18-29-14-11-10-12-15-29/h10-17,19-21,27-28,33-34,37-41,51-52H,18,22-26H2,1-9H3,(H,46,53)(H,47,54)/t27-,28-,33+,34+,37+,38-,39-,40+,41-/m0/s1. The van der Waals surface area contributed by atoms with E-state index in [1.54, 1.807) is 19.1 Å². The van der Waals surface area contributed by atoms with Gasteiger partial charge in [0.05, 0.1) is 26.4 Å². The summed E-state index contributed by atoms with van der Waals surface area (Å²) in [5, 5.41) is 29.6. The van der Waals surface area contributed by atoms with Crippen LogP contribution in [0.3, 0.4) is 0 Å². The summed E-state index contributed by atoms with van der Waals surface area (Å²) in [4.78, 5) is 38.7. The Morgan fingerprint density at radius 2 is 1.77 bits per heavy atom. The number of nitrogens with one attached hydrogen (secondary N) is 2. The van der Waals surface area contributed by atoms with E-state index in [1.165, 1.54) is 6.42 Å². The summed E-state index contributed by atoms with van der Waals surface area (Å²) in [7, 11) is 9.52. The molecule has 1 saturated heterocycles. The molecule has 2 bridgehead atoms. The Bertz CT molecular complexity index is 1830. The van der Waals surface area contributed by atoms with Gasteiger partial charge >= 0.3 is 0 Å². The van der Waals surface area contributed by atoms with E-state index in [4.69, 9.17) is 9.57 Å². The zero-order valence-corrected chi connectivity index (χ0v) is 34.7. The molecule has 3 aliphatic carbocycles. The number of carbonyl (C=O) groups is 2. The molecule has 3 aromatic carbocycles. The molecule has 0 aromatic heterocycles. The third-order valence-electron chi connectivity index (χ3n) is 12.9. The van der Waals surface area contributed by atoms with Gasteiger partial charge in [-0.1, -0.05) is 69.3 Å². The van der Waals surface area contributed by atoms with Gasteiger partial charge in [-0.05, 0) is 92.8 Å². The highest BCUT2D eigenvalue weighted by molar-refractivity contribution is 5.97. The molecule has 3 saturated carbocycles. The molecule has 11 heteroatoms. The number of hydroxylamine groups is 2. The predicted molar refractivity (Wildman–Crippen MR) is 220 cm³/mol. The number of likely N-dealkylation sites (N-methyl/N-ethyl adjacent to an activating group) is 1. The molecule has 4 fully saturated rings. The lowest BCUT2D eigenvalue weighted by Crippen LogP contribution is -2.62. The second-order valence-corrected chi connectivity index (χ2v) is 17.5. The quantitative estimate of drug-likeness (QED) is 0.169. The maximum absolute atomic E-state index is 14.3. The summed E-state index contributed by atoms with van der Waals surface area (Å²) >= 11 is 0. The Hall–Kier alpha value is -4.00. The number of benzene rings is 3. The van der Waals surface area contributed by atoms with Crippen LogP contribution >= 0.6 is 0 Å². The molecular formula is C45H63N5O6. The van der Waals surface area contributed by atoms with E-state index in [-0.39, 0.29) is 42.5 Å². The number of anilines is 1. The van der Waals surface area contributed by atoms with Crippen LogP contribution in [-0.4, -0.2) is 111 Å². The van der Waals surface area contributed by atoms with Crippen molar-refractivity contribution in [1.29, 1.82) is 0 Å². The number of methoxy groups -OCH3 is 1. The fourth-order valence-corrected chi connectivity index (χ4v) is 9.76. The van der Waals surface area contributed by atoms with Gasteiger partial charge in [-0.25, -0.2) is 0 Å². The molecule has 4 aliphatic rings. The number of hydrogen-bond acceptors (Lipinski definition) is 9. The van der Waals surface area contributed by atoms with Crippen molar-refractivity contribution in [2.75, 3.05) is 53.4 Å². The predicted octanol–water partition coefficient (Wildman–Crippen LogP) is 4.99. The van der Waals surface area contributed by atoms with Crippen molar-refractivity contribution in [2.45, 2.75) is 83.8 Å². The van der Waals surface area contributed by atoms with E-state index in [9.17, 15) is 19.8 Å². The normalized spacial score (nSPS) is 26.6. The largest absolute Gasteiger partial charge is 0.496 e. The average Bonchev–Trinajstić information content (AvgIpc) is 3.53. The fraction of sp³-hybridized carbons (Fsp3) is 0.556. The molecule has 0 spiro atoms. The van der Waals surface area contributed by atoms with Gasteiger partial charge in [-0.3, -0.25) is 14.4 Å². The third-order valence-corrected chi connectivity index (χ3v) is 12.9. The minimum Gasteiger partial charge on any atom is -0.496 e. The zero-order valence-electron chi connectivity index (χ0n) is 34.7. The number of aliphatic hydroxyl groups excluding tert-OH is 2. The van der Waals surface area contributed by atoms with Crippen LogP contribution in [0.25, 0.3) is 11.1 Å². The van der Waals surface area contributed by atoms with Gasteiger partial charge < -0.3 is 35.4 Å². The van der Waals surface area contributed by atoms with Crippen molar-refractivity contribution in [1.82, 2.24) is 20.6 Å². The van der Waals surface area contributed by atoms with Crippen LogP contribution in [0, 0.1) is 29.1 Å². The second-order valence-electron chi connectivity index (χ2n) is 17.5. The molecule has 2 amide bonds. The van der Waals surface area contributed by atoms with Crippen molar-refractivity contribution in [3.05, 3.63) is 83.4 Å². The SMILES string of the molecule is COc1c(CN2O[C@@H](CO)[C@@H]([C@H](C)O)[C@H]2C(=O)N[C@H]2C[C@H]3C[C@H]([C@@H]2C)C3(C)C)cccc1-c1cc(C(=O)N[C@H](Cc2ccccc2)CN(C)C)cc(N(C)C)c1. The van der Waals surface area contributed by atoms with Crippen molar-refractivity contribution >= 4 is 17.5 Å². The number of fused-ring (bicyclic) bond motifs is 2. The Morgan fingerprint density at radius 3 is 2.38 bits per heavy atom. The first-order chi connectivity index (χ1) is 26.6. The summed E-state index contributed by atoms with van der Waals surface area (Å²) in [6.07, 6.45) is 1.17. The number of carbonyl (C=O) groups excluding carboxylic acids is 2. The van der Waals surface area contributed by atoms with Crippen LogP contribution in [-0.2, 0) is 22.6 Å². The lowest BCUT2D eigenvalue weighted by atomic mass is 9.45. The number of aliphatic hydroxyl groups is 2. The Balaban J connectivity index is 1.28. The number of amides is 2. The number of para-hydroxylation sites is 1. The van der Waals surface area contributed by atoms with Gasteiger partial charge in [0, 0.05) is 61.0 Å². The summed E-state index contributed by atoms with van der Waals surface area (Å²) in [5.74, 6) is 1.02. The van der Waals surface area contributed by atoms with Crippen LogP contribution in [0.4, 0.5) is 5.69 Å². The topological polar surface area (TPSA) is 127 Å². The van der Waals surface area contributed by atoms with E-state index in [2.05, 4.69) is 48.4 Å². The van der Waals surface area contributed by atoms with Crippen molar-refractivity contribution in [3.8, 4) is 16.9 Å². The number of ether oxygens (including phenoxy) is 1. The maximum atomic E-state index is 14.3. The maximum Gasteiger partial charge on any atom is 0.251 e. The molecule has 11 nitrogen and oxygen atoms in total. The van der Waals surface area contributed by atoms with Crippen LogP contribution in [0.15, 0.2) is 66.7 Å². The second kappa shape index (κ2) is 17.2. The smallest absolute Gasteiger partial charge is 0.251 e. The van der Waals surface area contributed by atoms with Gasteiger partial charge in [0.2, 0.25) is 5.91 Å². The van der Waals surface area contributed by atoms with Gasteiger partial charge in [0.25, 0.3) is 5.91 Å². The summed E-state index contributed by atoms with van der Waals surface area (Å²) < 4.78 is 6.11. The molecule has 56 heavy (non-hydrogen) atoms. The van der Waals surface area contributed by atoms with Crippen LogP contribution in [0.5, 0.6) is 5.75 Å². The van der Waals surface area contributed by atoms with Gasteiger partial charge in [-0.2, -0.15) is 5.06 Å². The molecule has 4 N–H and O–H groups in total. The molecular weight excluding hydrogens is 707 g/mol. The zero-order chi connectivity index (χ0) is 40.5. The summed E-state index contributed by atoms with van der Waals surface area (Å²) in [5.41, 5.74) is 5.15. The molecule has 9 atom stereocenters. The van der Waals surface area contributed by atoms with Crippen molar-refractivity contribution in [3.63, 3.8) is 0 Å². The summed E-state index contributed by atoms with van der Waals surface area (Å²) in [6, 6.07) is 20.9. The minimum absolute atomic E-state index is 0.0358. The lowest BCUT2D eigenvalue weighted by Gasteiger charge is -2.62. The fourth-order valence-electron chi connectivity index (χ4n) is 9.76. The van der Waals surface area contributed by atoms with E-state index >= 15 is 0 Å². The van der Waals surface area contributed by atoms with Crippen molar-refractivity contribution < 1.29 is 29.4 Å². The van der Waals surface area contributed by atoms with E-state index in [1.807, 2.05) is 87.7 Å². The molecule has 3 aromatic rings. The minimum atomic E-state index is -0.902. The van der Waals surface area contributed by atoms with E-state index in [0.29, 0.717) is 42.0 Å². The van der Waals surface area contributed by atoms with Gasteiger partial charge in [0.1, 0.15) is 17.9 Å². The number of rotatable bonds is 15. The molecule has 304 valence electrons. The first-order valence-electron chi connectivity index (χ1n) is 20.1. The average molecular weight is 770 g/mol. The Kier molecular flexibility index (Phi) is 12.8. The third kappa shape index (κ3) is 8.62. The monoisotopic (exact) mass is 769 g/mol. The highest BCUT2D eigenvalue weighted by Gasteiger charge is 2.57. The van der Waals surface area contributed by atoms with Crippen LogP contribution in [0.1, 0.15) is 62.0 Å². The first-order valence-corrected chi connectivity index (χ1v) is 20.1. The molecule has 1 heterocycles. The van der Waals surface area contributed by atoms with Crippen LogP contribution < -0.4 is 20.3 Å². The molecule has 1 aliphatic heterocycles. The number of hydrogen-bond donors (Lipinski definition) is 4. The molecule has 0 radical (unpaired) electrons. The van der Waals surface area contributed by atoms with E-state index in [0.717, 1.165) is 34.4 Å². The van der Waals surface area contributed by atoms with E-state index < -0.39 is 24.2 Å². The number of nitrogens with zero attached hydrogens (tertiary/aromatic N) is 3. The Morgan fingerprint density at radius 1 is 1.04 bits per heavy atom. The van der Waals surface area contributed by atoms with Gasteiger partial charge in [0.15, 0.2) is 0 Å². The van der Waals surface area contributed by atoms with Crippen molar-refractivity contribution in [2.24, 2.45) is 29.1 Å². The Labute approximate surface area is 333 Å². The first kappa shape index (κ1) is 41.6. The van der Waals surface area contributed by atoms with Crippen LogP contribution in [0.2, 0.25) is 0 Å².